The van der Waals surface area contributed by atoms with Gasteiger partial charge in [-0.05, 0) is 17.7 Å². The summed E-state index contributed by atoms with van der Waals surface area (Å²) in [6.45, 7) is 0. The molecule has 0 amide bonds. The molecule has 0 aliphatic heterocycles. The molecule has 12 heavy (non-hydrogen) atoms. The van der Waals surface area contributed by atoms with Gasteiger partial charge in [-0.15, -0.1) is 0 Å². The van der Waals surface area contributed by atoms with Gasteiger partial charge in [-0.3, -0.25) is 4.21 Å². The molecule has 0 aliphatic carbocycles. The number of rotatable bonds is 2. The summed E-state index contributed by atoms with van der Waals surface area (Å²) in [7, 11) is 0. The Balaban J connectivity index is 2.89. The Kier molecular flexibility index (Phi) is 2.88. The van der Waals surface area contributed by atoms with E-state index in [1.165, 1.54) is 6.07 Å². The van der Waals surface area contributed by atoms with E-state index in [1.54, 1.807) is 0 Å². The van der Waals surface area contributed by atoms with Gasteiger partial charge >= 0.3 is 0 Å². The van der Waals surface area contributed by atoms with Crippen molar-refractivity contribution in [1.29, 1.82) is 0 Å². The molecule has 0 saturated heterocycles. The summed E-state index contributed by atoms with van der Waals surface area (Å²) in [5.41, 5.74) is 0.238. The van der Waals surface area contributed by atoms with Crippen molar-refractivity contribution in [3.8, 4) is 0 Å². The number of halogens is 2. The van der Waals surface area contributed by atoms with E-state index in [-0.39, 0.29) is 11.3 Å². The van der Waals surface area contributed by atoms with Crippen LogP contribution in [0.25, 0.3) is 0 Å². The maximum atomic E-state index is 12.5. The Morgan fingerprint density at radius 1 is 1.33 bits per heavy atom. The predicted molar refractivity (Wildman–Crippen MR) is 39.0 cm³/mol. The first-order valence-corrected chi connectivity index (χ1v) is 4.34. The van der Waals surface area contributed by atoms with Crippen molar-refractivity contribution in [2.75, 3.05) is 0 Å². The molecule has 1 rings (SSSR count). The highest BCUT2D eigenvalue weighted by molar-refractivity contribution is 7.78. The molecule has 1 unspecified atom stereocenters. The van der Waals surface area contributed by atoms with Crippen LogP contribution >= 0.6 is 0 Å². The van der Waals surface area contributed by atoms with Crippen LogP contribution in [0.4, 0.5) is 8.78 Å². The van der Waals surface area contributed by atoms with Gasteiger partial charge in [0.15, 0.2) is 11.6 Å². The summed E-state index contributed by atoms with van der Waals surface area (Å²) >= 11 is -2.27. The Morgan fingerprint density at radius 2 is 2.00 bits per heavy atom. The van der Waals surface area contributed by atoms with Crippen LogP contribution in [0.2, 0.25) is 0 Å². The smallest absolute Gasteiger partial charge is 0.159 e. The molecule has 0 aromatic heterocycles. The molecule has 5 heteroatoms. The SMILES string of the molecule is O=S([O-])Cc1ccc(F)c(F)c1. The van der Waals surface area contributed by atoms with Gasteiger partial charge in [0.2, 0.25) is 0 Å². The minimum atomic E-state index is -2.27. The lowest BCUT2D eigenvalue weighted by molar-refractivity contribution is 0.507. The number of hydrogen-bond acceptors (Lipinski definition) is 2. The second kappa shape index (κ2) is 3.73. The highest BCUT2D eigenvalue weighted by Crippen LogP contribution is 2.09. The average Bonchev–Trinajstić information content (AvgIpc) is 1.96. The van der Waals surface area contributed by atoms with E-state index in [0.29, 0.717) is 0 Å². The lowest BCUT2D eigenvalue weighted by Crippen LogP contribution is -1.95. The van der Waals surface area contributed by atoms with Crippen molar-refractivity contribution in [3.63, 3.8) is 0 Å². The minimum absolute atomic E-state index is 0.238. The maximum Gasteiger partial charge on any atom is 0.159 e. The van der Waals surface area contributed by atoms with E-state index >= 15 is 0 Å². The van der Waals surface area contributed by atoms with E-state index in [2.05, 4.69) is 0 Å². The Bertz CT molecular complexity index is 314. The van der Waals surface area contributed by atoms with Gasteiger partial charge in [-0.2, -0.15) is 0 Å². The molecule has 0 bridgehead atoms. The van der Waals surface area contributed by atoms with Gasteiger partial charge in [0.1, 0.15) is 0 Å². The quantitative estimate of drug-likeness (QED) is 0.662. The molecule has 0 heterocycles. The van der Waals surface area contributed by atoms with E-state index in [1.807, 2.05) is 0 Å². The molecular formula is C7H5F2O2S-. The van der Waals surface area contributed by atoms with E-state index in [9.17, 15) is 17.5 Å². The highest BCUT2D eigenvalue weighted by Gasteiger charge is 2.01. The van der Waals surface area contributed by atoms with Crippen LogP contribution in [0.5, 0.6) is 0 Å². The molecule has 0 N–H and O–H groups in total. The predicted octanol–water partition coefficient (Wildman–Crippen LogP) is 1.34. The number of hydrogen-bond donors (Lipinski definition) is 0. The first-order valence-electron chi connectivity index (χ1n) is 3.09. The van der Waals surface area contributed by atoms with Gasteiger partial charge in [0.05, 0.1) is 0 Å². The standard InChI is InChI=1S/C7H6F2O2S/c8-6-2-1-5(3-7(6)9)4-12(10)11/h1-3H,4H2,(H,10,11)/p-1. The second-order valence-corrected chi connectivity index (χ2v) is 3.09. The van der Waals surface area contributed by atoms with Gasteiger partial charge in [-0.25, -0.2) is 8.78 Å². The Labute approximate surface area is 70.5 Å². The molecule has 0 saturated carbocycles. The van der Waals surface area contributed by atoms with Crippen LogP contribution in [0.15, 0.2) is 18.2 Å². The van der Waals surface area contributed by atoms with E-state index in [4.69, 9.17) is 0 Å². The van der Waals surface area contributed by atoms with Crippen molar-refractivity contribution in [2.45, 2.75) is 5.75 Å². The minimum Gasteiger partial charge on any atom is -0.772 e. The van der Waals surface area contributed by atoms with Crippen LogP contribution < -0.4 is 0 Å². The summed E-state index contributed by atoms with van der Waals surface area (Å²) in [5, 5.41) is 0. The van der Waals surface area contributed by atoms with Crippen LogP contribution in [0.3, 0.4) is 0 Å². The molecule has 0 radical (unpaired) electrons. The third-order valence-electron chi connectivity index (χ3n) is 1.27. The molecule has 66 valence electrons. The lowest BCUT2D eigenvalue weighted by atomic mass is 10.2. The first-order chi connectivity index (χ1) is 5.59. The van der Waals surface area contributed by atoms with Gasteiger partial charge in [0, 0.05) is 5.75 Å². The molecule has 1 aromatic rings. The van der Waals surface area contributed by atoms with E-state index < -0.39 is 22.7 Å². The maximum absolute atomic E-state index is 12.5. The van der Waals surface area contributed by atoms with Crippen LogP contribution in [0, 0.1) is 11.6 Å². The molecule has 0 spiro atoms. The number of benzene rings is 1. The molecular weight excluding hydrogens is 186 g/mol. The average molecular weight is 191 g/mol. The molecule has 0 fully saturated rings. The fraction of sp³-hybridized carbons (Fsp3) is 0.143. The van der Waals surface area contributed by atoms with Gasteiger partial charge < -0.3 is 4.55 Å². The van der Waals surface area contributed by atoms with Crippen molar-refractivity contribution in [1.82, 2.24) is 0 Å². The largest absolute Gasteiger partial charge is 0.772 e. The summed E-state index contributed by atoms with van der Waals surface area (Å²) in [4.78, 5) is 0. The topological polar surface area (TPSA) is 40.1 Å². The van der Waals surface area contributed by atoms with Crippen molar-refractivity contribution < 1.29 is 17.5 Å². The zero-order chi connectivity index (χ0) is 9.14. The second-order valence-electron chi connectivity index (χ2n) is 2.20. The Hall–Kier alpha value is -0.810. The van der Waals surface area contributed by atoms with Gasteiger partial charge in [0.25, 0.3) is 0 Å². The zero-order valence-electron chi connectivity index (χ0n) is 5.92. The molecule has 1 atom stereocenters. The van der Waals surface area contributed by atoms with Crippen molar-refractivity contribution >= 4 is 11.1 Å². The lowest BCUT2D eigenvalue weighted by Gasteiger charge is -2.04. The van der Waals surface area contributed by atoms with Crippen LogP contribution in [-0.2, 0) is 16.8 Å². The normalized spacial score (nSPS) is 12.9. The summed E-state index contributed by atoms with van der Waals surface area (Å²) in [5.74, 6) is -2.30. The fourth-order valence-corrected chi connectivity index (χ4v) is 1.22. The van der Waals surface area contributed by atoms with Crippen LogP contribution in [0.1, 0.15) is 5.56 Å². The summed E-state index contributed by atoms with van der Waals surface area (Å²) in [6, 6.07) is 3.00. The van der Waals surface area contributed by atoms with Crippen molar-refractivity contribution in [3.05, 3.63) is 35.4 Å². The van der Waals surface area contributed by atoms with E-state index in [0.717, 1.165) is 12.1 Å². The summed E-state index contributed by atoms with van der Waals surface area (Å²) < 4.78 is 45.1. The van der Waals surface area contributed by atoms with Crippen molar-refractivity contribution in [2.24, 2.45) is 0 Å². The Morgan fingerprint density at radius 3 is 2.50 bits per heavy atom. The summed E-state index contributed by atoms with van der Waals surface area (Å²) in [6.07, 6.45) is 0. The third-order valence-corrected chi connectivity index (χ3v) is 1.84. The molecule has 0 aliphatic rings. The first kappa shape index (κ1) is 9.28. The zero-order valence-corrected chi connectivity index (χ0v) is 6.74. The van der Waals surface area contributed by atoms with Gasteiger partial charge in [-0.1, -0.05) is 17.1 Å². The molecule has 1 aromatic carbocycles. The third kappa shape index (κ3) is 2.35. The van der Waals surface area contributed by atoms with Crippen LogP contribution in [-0.4, -0.2) is 8.76 Å². The monoisotopic (exact) mass is 191 g/mol. The highest BCUT2D eigenvalue weighted by atomic mass is 32.2. The molecule has 2 nitrogen and oxygen atoms in total. The fourth-order valence-electron chi connectivity index (χ4n) is 0.766.